The first kappa shape index (κ1) is 16.9. The molecule has 0 bridgehead atoms. The summed E-state index contributed by atoms with van der Waals surface area (Å²) in [7, 11) is -3.26. The van der Waals surface area contributed by atoms with E-state index in [4.69, 9.17) is 10.00 Å². The van der Waals surface area contributed by atoms with Crippen LogP contribution in [-0.2, 0) is 16.3 Å². The Balaban J connectivity index is 2.27. The SMILES string of the molecule is CC(Cc1cnccn1)(CS(C)(=O)=O)Oc1ccc(C#N)cc1. The third-order valence-electron chi connectivity index (χ3n) is 3.09. The van der Waals surface area contributed by atoms with Gasteiger partial charge in [0.15, 0.2) is 9.84 Å². The molecule has 1 atom stereocenters. The Kier molecular flexibility index (Phi) is 4.96. The molecule has 0 aliphatic rings. The quantitative estimate of drug-likeness (QED) is 0.801. The van der Waals surface area contributed by atoms with Gasteiger partial charge in [-0.05, 0) is 31.2 Å². The van der Waals surface area contributed by atoms with Crippen molar-refractivity contribution in [1.82, 2.24) is 9.97 Å². The van der Waals surface area contributed by atoms with Gasteiger partial charge in [0.25, 0.3) is 0 Å². The van der Waals surface area contributed by atoms with Gasteiger partial charge in [-0.1, -0.05) is 0 Å². The molecule has 6 nitrogen and oxygen atoms in total. The average molecular weight is 331 g/mol. The highest BCUT2D eigenvalue weighted by Crippen LogP contribution is 2.23. The second-order valence-corrected chi connectivity index (χ2v) is 7.77. The topological polar surface area (TPSA) is 92.9 Å². The van der Waals surface area contributed by atoms with Crippen molar-refractivity contribution in [2.45, 2.75) is 18.9 Å². The van der Waals surface area contributed by atoms with Gasteiger partial charge in [0, 0.05) is 31.3 Å². The molecule has 0 saturated heterocycles. The Morgan fingerprint density at radius 2 is 1.96 bits per heavy atom. The van der Waals surface area contributed by atoms with Crippen molar-refractivity contribution < 1.29 is 13.2 Å². The standard InChI is InChI=1S/C16H17N3O3S/c1-16(12-23(2,20)21,9-14-11-18-7-8-19-14)22-15-5-3-13(10-17)4-6-15/h3-8,11H,9,12H2,1-2H3. The summed E-state index contributed by atoms with van der Waals surface area (Å²) >= 11 is 0. The summed E-state index contributed by atoms with van der Waals surface area (Å²) < 4.78 is 29.5. The lowest BCUT2D eigenvalue weighted by Gasteiger charge is -2.29. The number of aromatic nitrogens is 2. The molecule has 1 heterocycles. The molecular weight excluding hydrogens is 314 g/mol. The van der Waals surface area contributed by atoms with Crippen LogP contribution in [0.4, 0.5) is 0 Å². The van der Waals surface area contributed by atoms with Crippen molar-refractivity contribution in [1.29, 1.82) is 5.26 Å². The first-order valence-electron chi connectivity index (χ1n) is 6.91. The molecule has 2 aromatic rings. The zero-order valence-corrected chi connectivity index (χ0v) is 13.7. The predicted molar refractivity (Wildman–Crippen MR) is 85.6 cm³/mol. The van der Waals surface area contributed by atoms with Crippen LogP contribution in [-0.4, -0.2) is 36.0 Å². The van der Waals surface area contributed by atoms with Crippen LogP contribution < -0.4 is 4.74 Å². The third kappa shape index (κ3) is 5.34. The molecular formula is C16H17N3O3S. The lowest BCUT2D eigenvalue weighted by molar-refractivity contribution is 0.112. The number of nitrogens with zero attached hydrogens (tertiary/aromatic N) is 3. The predicted octanol–water partition coefficient (Wildman–Crippen LogP) is 1.77. The van der Waals surface area contributed by atoms with E-state index < -0.39 is 15.4 Å². The Morgan fingerprint density at radius 1 is 1.26 bits per heavy atom. The second kappa shape index (κ2) is 6.75. The van der Waals surface area contributed by atoms with Crippen LogP contribution in [0.2, 0.25) is 0 Å². The van der Waals surface area contributed by atoms with Crippen LogP contribution in [0.25, 0.3) is 0 Å². The highest BCUT2D eigenvalue weighted by Gasteiger charge is 2.32. The molecule has 2 rings (SSSR count). The number of rotatable bonds is 6. The van der Waals surface area contributed by atoms with Crippen LogP contribution in [0.5, 0.6) is 5.75 Å². The number of ether oxygens (including phenoxy) is 1. The van der Waals surface area contributed by atoms with E-state index in [2.05, 4.69) is 9.97 Å². The fourth-order valence-electron chi connectivity index (χ4n) is 2.36. The number of benzene rings is 1. The number of sulfone groups is 1. The van der Waals surface area contributed by atoms with Crippen molar-refractivity contribution in [3.63, 3.8) is 0 Å². The molecule has 23 heavy (non-hydrogen) atoms. The fraction of sp³-hybridized carbons (Fsp3) is 0.312. The molecule has 0 aliphatic carbocycles. The van der Waals surface area contributed by atoms with E-state index in [0.717, 1.165) is 0 Å². The number of nitriles is 1. The third-order valence-corrected chi connectivity index (χ3v) is 4.22. The minimum absolute atomic E-state index is 0.156. The summed E-state index contributed by atoms with van der Waals surface area (Å²) in [4.78, 5) is 8.17. The minimum Gasteiger partial charge on any atom is -0.486 e. The van der Waals surface area contributed by atoms with E-state index in [0.29, 0.717) is 23.4 Å². The maximum atomic E-state index is 11.8. The smallest absolute Gasteiger partial charge is 0.151 e. The van der Waals surface area contributed by atoms with Gasteiger partial charge in [0.2, 0.25) is 0 Å². The molecule has 0 radical (unpaired) electrons. The van der Waals surface area contributed by atoms with E-state index in [9.17, 15) is 8.42 Å². The Morgan fingerprint density at radius 3 is 2.48 bits per heavy atom. The van der Waals surface area contributed by atoms with Crippen molar-refractivity contribution in [3.8, 4) is 11.8 Å². The molecule has 0 saturated carbocycles. The van der Waals surface area contributed by atoms with Crippen LogP contribution in [0.3, 0.4) is 0 Å². The molecule has 0 spiro atoms. The maximum Gasteiger partial charge on any atom is 0.151 e. The van der Waals surface area contributed by atoms with Gasteiger partial charge in [0.05, 0.1) is 23.1 Å². The summed E-state index contributed by atoms with van der Waals surface area (Å²) in [6.07, 6.45) is 6.16. The van der Waals surface area contributed by atoms with E-state index >= 15 is 0 Å². The Labute approximate surface area is 135 Å². The van der Waals surface area contributed by atoms with E-state index in [1.165, 1.54) is 6.26 Å². The molecule has 1 unspecified atom stereocenters. The molecule has 120 valence electrons. The lowest BCUT2D eigenvalue weighted by atomic mass is 10.0. The summed E-state index contributed by atoms with van der Waals surface area (Å²) in [5.41, 5.74) is 0.168. The van der Waals surface area contributed by atoms with Gasteiger partial charge in [-0.2, -0.15) is 5.26 Å². The number of hydrogen-bond acceptors (Lipinski definition) is 6. The minimum atomic E-state index is -3.26. The van der Waals surface area contributed by atoms with Gasteiger partial charge in [0.1, 0.15) is 11.4 Å². The molecule has 0 fully saturated rings. The van der Waals surface area contributed by atoms with Crippen molar-refractivity contribution in [2.24, 2.45) is 0 Å². The fourth-order valence-corrected chi connectivity index (χ4v) is 3.63. The van der Waals surface area contributed by atoms with E-state index in [1.54, 1.807) is 49.8 Å². The van der Waals surface area contributed by atoms with Crippen molar-refractivity contribution in [2.75, 3.05) is 12.0 Å². The van der Waals surface area contributed by atoms with Gasteiger partial charge in [-0.25, -0.2) is 8.42 Å². The Hall–Kier alpha value is -2.46. The van der Waals surface area contributed by atoms with Crippen LogP contribution in [0.1, 0.15) is 18.2 Å². The normalized spacial score (nSPS) is 13.8. The highest BCUT2D eigenvalue weighted by atomic mass is 32.2. The average Bonchev–Trinajstić information content (AvgIpc) is 2.46. The Bertz CT molecular complexity index is 799. The van der Waals surface area contributed by atoms with Gasteiger partial charge >= 0.3 is 0 Å². The van der Waals surface area contributed by atoms with Crippen molar-refractivity contribution in [3.05, 3.63) is 54.1 Å². The monoisotopic (exact) mass is 331 g/mol. The molecule has 0 amide bonds. The van der Waals surface area contributed by atoms with E-state index in [-0.39, 0.29) is 5.75 Å². The first-order chi connectivity index (χ1) is 10.8. The molecule has 7 heteroatoms. The first-order valence-corrected chi connectivity index (χ1v) is 8.97. The maximum absolute atomic E-state index is 11.8. The van der Waals surface area contributed by atoms with Crippen LogP contribution in [0, 0.1) is 11.3 Å². The highest BCUT2D eigenvalue weighted by molar-refractivity contribution is 7.90. The van der Waals surface area contributed by atoms with E-state index in [1.807, 2.05) is 6.07 Å². The van der Waals surface area contributed by atoms with Gasteiger partial charge in [-0.15, -0.1) is 0 Å². The largest absolute Gasteiger partial charge is 0.486 e. The molecule has 0 aliphatic heterocycles. The summed E-state index contributed by atoms with van der Waals surface area (Å²) in [6, 6.07) is 8.57. The molecule has 1 aromatic heterocycles. The van der Waals surface area contributed by atoms with Crippen LogP contribution in [0.15, 0.2) is 42.9 Å². The lowest BCUT2D eigenvalue weighted by Crippen LogP contribution is -2.42. The zero-order valence-electron chi connectivity index (χ0n) is 12.9. The number of hydrogen-bond donors (Lipinski definition) is 0. The zero-order chi connectivity index (χ0) is 16.9. The summed E-state index contributed by atoms with van der Waals surface area (Å²) in [5, 5.41) is 8.82. The molecule has 0 N–H and O–H groups in total. The van der Waals surface area contributed by atoms with Gasteiger partial charge in [-0.3, -0.25) is 9.97 Å². The van der Waals surface area contributed by atoms with Crippen molar-refractivity contribution >= 4 is 9.84 Å². The van der Waals surface area contributed by atoms with Crippen LogP contribution >= 0.6 is 0 Å². The van der Waals surface area contributed by atoms with Gasteiger partial charge < -0.3 is 4.74 Å². The summed E-state index contributed by atoms with van der Waals surface area (Å²) in [6.45, 7) is 1.72. The summed E-state index contributed by atoms with van der Waals surface area (Å²) in [5.74, 6) is 0.343. The molecule has 1 aromatic carbocycles. The second-order valence-electron chi connectivity index (χ2n) is 5.63.